The standard InChI is InChI=1S/C21H23FN2O3S/c1-3-23(4-2)11-12-24-18(16-6-5-13-28-16)17(20(26)21(24)27)19(25)14-7-9-15(22)10-8-14/h5-10,13,18,25H,3-4,11-12H2,1-2H3/t18-/m1/s1. The van der Waals surface area contributed by atoms with Crippen LogP contribution in [0.5, 0.6) is 0 Å². The van der Waals surface area contributed by atoms with E-state index in [-0.39, 0.29) is 11.3 Å². The Labute approximate surface area is 167 Å². The van der Waals surface area contributed by atoms with E-state index in [2.05, 4.69) is 4.90 Å². The SMILES string of the molecule is CCN(CC)CCN1C(=O)C(=O)C(=C(O)c2ccc(F)cc2)[C@H]1c1cccs1. The number of likely N-dealkylation sites (N-methyl/N-ethyl adjacent to an activating group) is 1. The van der Waals surface area contributed by atoms with Crippen molar-refractivity contribution in [1.29, 1.82) is 0 Å². The van der Waals surface area contributed by atoms with Crippen molar-refractivity contribution >= 4 is 28.8 Å². The average molecular weight is 402 g/mol. The molecule has 0 aliphatic carbocycles. The summed E-state index contributed by atoms with van der Waals surface area (Å²) >= 11 is 1.43. The van der Waals surface area contributed by atoms with E-state index in [9.17, 15) is 19.1 Å². The minimum atomic E-state index is -0.709. The number of carbonyl (C=O) groups excluding carboxylic acids is 2. The van der Waals surface area contributed by atoms with Crippen LogP contribution in [0.25, 0.3) is 5.76 Å². The molecule has 0 radical (unpaired) electrons. The van der Waals surface area contributed by atoms with Crippen LogP contribution in [-0.2, 0) is 9.59 Å². The van der Waals surface area contributed by atoms with Crippen molar-refractivity contribution in [3.8, 4) is 0 Å². The van der Waals surface area contributed by atoms with Gasteiger partial charge >= 0.3 is 0 Å². The molecule has 1 aliphatic heterocycles. The van der Waals surface area contributed by atoms with E-state index >= 15 is 0 Å². The van der Waals surface area contributed by atoms with E-state index in [1.165, 1.54) is 40.5 Å². The second-order valence-electron chi connectivity index (χ2n) is 6.54. The molecule has 1 aromatic heterocycles. The largest absolute Gasteiger partial charge is 0.507 e. The van der Waals surface area contributed by atoms with Crippen molar-refractivity contribution in [3.05, 3.63) is 63.6 Å². The van der Waals surface area contributed by atoms with Gasteiger partial charge in [0.1, 0.15) is 11.6 Å². The van der Waals surface area contributed by atoms with E-state index in [0.717, 1.165) is 18.0 Å². The lowest BCUT2D eigenvalue weighted by molar-refractivity contribution is -0.140. The molecular weight excluding hydrogens is 379 g/mol. The number of halogens is 1. The van der Waals surface area contributed by atoms with Gasteiger partial charge in [0.2, 0.25) is 0 Å². The normalized spacial score (nSPS) is 19.0. The quantitative estimate of drug-likeness (QED) is 0.436. The van der Waals surface area contributed by atoms with Gasteiger partial charge < -0.3 is 14.9 Å². The first-order valence-corrected chi connectivity index (χ1v) is 10.2. The van der Waals surface area contributed by atoms with Crippen LogP contribution in [0.15, 0.2) is 47.4 Å². The molecule has 1 aliphatic rings. The van der Waals surface area contributed by atoms with Crippen LogP contribution in [0.4, 0.5) is 4.39 Å². The molecule has 148 valence electrons. The Morgan fingerprint density at radius 2 is 1.86 bits per heavy atom. The van der Waals surface area contributed by atoms with Crippen LogP contribution in [0.3, 0.4) is 0 Å². The molecule has 0 unspecified atom stereocenters. The molecule has 1 fully saturated rings. The van der Waals surface area contributed by atoms with Gasteiger partial charge in [0.25, 0.3) is 11.7 Å². The highest BCUT2D eigenvalue weighted by molar-refractivity contribution is 7.10. The van der Waals surface area contributed by atoms with Gasteiger partial charge in [-0.15, -0.1) is 11.3 Å². The molecule has 1 aromatic carbocycles. The molecule has 2 heterocycles. The number of hydrogen-bond acceptors (Lipinski definition) is 5. The van der Waals surface area contributed by atoms with Crippen LogP contribution in [0.1, 0.15) is 30.3 Å². The average Bonchev–Trinajstić information content (AvgIpc) is 3.31. The maximum absolute atomic E-state index is 13.2. The number of carbonyl (C=O) groups is 2. The number of Topliss-reactive ketones (excluding diaryl/α,β-unsaturated/α-hetero) is 1. The second kappa shape index (κ2) is 8.67. The van der Waals surface area contributed by atoms with Crippen LogP contribution < -0.4 is 0 Å². The summed E-state index contributed by atoms with van der Waals surface area (Å²) in [6.07, 6.45) is 0. The number of thiophene rings is 1. The third kappa shape index (κ3) is 3.86. The molecule has 7 heteroatoms. The smallest absolute Gasteiger partial charge is 0.295 e. The molecule has 0 bridgehead atoms. The van der Waals surface area contributed by atoms with Gasteiger partial charge in [-0.2, -0.15) is 0 Å². The predicted octanol–water partition coefficient (Wildman–Crippen LogP) is 3.65. The Morgan fingerprint density at radius 1 is 1.18 bits per heavy atom. The Morgan fingerprint density at radius 3 is 2.43 bits per heavy atom. The lowest BCUT2D eigenvalue weighted by Gasteiger charge is -2.27. The third-order valence-electron chi connectivity index (χ3n) is 5.02. The zero-order valence-electron chi connectivity index (χ0n) is 15.9. The Bertz CT molecular complexity index is 874. The van der Waals surface area contributed by atoms with Crippen molar-refractivity contribution in [2.24, 2.45) is 0 Å². The molecule has 1 N–H and O–H groups in total. The lowest BCUT2D eigenvalue weighted by atomic mass is 10.00. The molecule has 1 atom stereocenters. The van der Waals surface area contributed by atoms with Gasteiger partial charge in [-0.05, 0) is 48.8 Å². The van der Waals surface area contributed by atoms with E-state index in [1.807, 2.05) is 31.4 Å². The molecule has 1 amide bonds. The Hall–Kier alpha value is -2.51. The number of aliphatic hydroxyl groups is 1. The second-order valence-corrected chi connectivity index (χ2v) is 7.52. The van der Waals surface area contributed by atoms with Gasteiger partial charge in [0.15, 0.2) is 0 Å². The summed E-state index contributed by atoms with van der Waals surface area (Å²) in [7, 11) is 0. The molecular formula is C21H23FN2O3S. The zero-order chi connectivity index (χ0) is 20.3. The maximum Gasteiger partial charge on any atom is 0.295 e. The van der Waals surface area contributed by atoms with Crippen molar-refractivity contribution in [1.82, 2.24) is 9.80 Å². The van der Waals surface area contributed by atoms with E-state index < -0.39 is 23.5 Å². The summed E-state index contributed by atoms with van der Waals surface area (Å²) in [4.78, 5) is 30.1. The first kappa shape index (κ1) is 20.2. The van der Waals surface area contributed by atoms with Gasteiger partial charge in [-0.1, -0.05) is 19.9 Å². The fraction of sp³-hybridized carbons (Fsp3) is 0.333. The molecule has 3 rings (SSSR count). The lowest BCUT2D eigenvalue weighted by Crippen LogP contribution is -2.37. The van der Waals surface area contributed by atoms with Gasteiger partial charge in [-0.25, -0.2) is 4.39 Å². The van der Waals surface area contributed by atoms with Crippen LogP contribution in [0.2, 0.25) is 0 Å². The summed E-state index contributed by atoms with van der Waals surface area (Å²) in [6.45, 7) is 6.80. The van der Waals surface area contributed by atoms with Crippen molar-refractivity contribution in [2.45, 2.75) is 19.9 Å². The third-order valence-corrected chi connectivity index (χ3v) is 5.95. The zero-order valence-corrected chi connectivity index (χ0v) is 16.7. The van der Waals surface area contributed by atoms with Crippen molar-refractivity contribution in [3.63, 3.8) is 0 Å². The number of amides is 1. The first-order valence-electron chi connectivity index (χ1n) is 9.28. The van der Waals surface area contributed by atoms with E-state index in [4.69, 9.17) is 0 Å². The number of benzene rings is 1. The fourth-order valence-corrected chi connectivity index (χ4v) is 4.25. The monoisotopic (exact) mass is 402 g/mol. The van der Waals surface area contributed by atoms with Gasteiger partial charge in [-0.3, -0.25) is 9.59 Å². The molecule has 5 nitrogen and oxygen atoms in total. The van der Waals surface area contributed by atoms with Crippen LogP contribution >= 0.6 is 11.3 Å². The van der Waals surface area contributed by atoms with Crippen molar-refractivity contribution < 1.29 is 19.1 Å². The molecule has 0 spiro atoms. The van der Waals surface area contributed by atoms with Gasteiger partial charge in [0, 0.05) is 23.5 Å². The number of likely N-dealkylation sites (tertiary alicyclic amines) is 1. The van der Waals surface area contributed by atoms with E-state index in [0.29, 0.717) is 18.7 Å². The molecule has 2 aromatic rings. The summed E-state index contributed by atoms with van der Waals surface area (Å²) in [5.74, 6) is -2.04. The van der Waals surface area contributed by atoms with Crippen LogP contribution in [-0.4, -0.2) is 52.8 Å². The topological polar surface area (TPSA) is 60.9 Å². The van der Waals surface area contributed by atoms with Crippen molar-refractivity contribution in [2.75, 3.05) is 26.2 Å². The number of ketones is 1. The predicted molar refractivity (Wildman–Crippen MR) is 108 cm³/mol. The highest BCUT2D eigenvalue weighted by atomic mass is 32.1. The summed E-state index contributed by atoms with van der Waals surface area (Å²) < 4.78 is 13.2. The summed E-state index contributed by atoms with van der Waals surface area (Å²) in [5, 5.41) is 12.7. The summed E-state index contributed by atoms with van der Waals surface area (Å²) in [5.41, 5.74) is 0.364. The number of nitrogens with zero attached hydrogens (tertiary/aromatic N) is 2. The fourth-order valence-electron chi connectivity index (χ4n) is 3.41. The number of aliphatic hydroxyl groups excluding tert-OH is 1. The van der Waals surface area contributed by atoms with E-state index in [1.54, 1.807) is 0 Å². The number of hydrogen-bond donors (Lipinski definition) is 1. The highest BCUT2D eigenvalue weighted by Gasteiger charge is 2.46. The Balaban J connectivity index is 2.03. The molecule has 28 heavy (non-hydrogen) atoms. The molecule has 1 saturated heterocycles. The molecule has 0 saturated carbocycles. The first-order chi connectivity index (χ1) is 13.5. The summed E-state index contributed by atoms with van der Waals surface area (Å²) in [6, 6.07) is 8.29. The Kier molecular flexibility index (Phi) is 6.26. The van der Waals surface area contributed by atoms with Crippen LogP contribution in [0, 0.1) is 5.82 Å². The highest BCUT2D eigenvalue weighted by Crippen LogP contribution is 2.40. The maximum atomic E-state index is 13.2. The minimum Gasteiger partial charge on any atom is -0.507 e. The van der Waals surface area contributed by atoms with Gasteiger partial charge in [0.05, 0.1) is 11.6 Å². The minimum absolute atomic E-state index is 0.0543. The number of rotatable bonds is 7.